The standard InChI is InChI=1S/C35H30F10OS/c1-2-3-4-22-5-14-28(15-6-22)35(39,40)46-29-16-11-24(12-17-29)23-7-9-25(10-8-23)26-13-18-30(31(36)19-26)27-20-32(37)34(33(38)21-27)47(41,42,43,44)45/h3-10,13-15,18-21,24,29H,2,11-12,16-17H2,1H3. The first-order chi connectivity index (χ1) is 21.8. The van der Waals surface area contributed by atoms with Crippen LogP contribution in [-0.4, -0.2) is 6.10 Å². The number of alkyl halides is 2. The molecule has 0 bridgehead atoms. The molecule has 47 heavy (non-hydrogen) atoms. The van der Waals surface area contributed by atoms with Crippen molar-refractivity contribution in [3.63, 3.8) is 0 Å². The zero-order valence-electron chi connectivity index (χ0n) is 24.9. The van der Waals surface area contributed by atoms with Crippen molar-refractivity contribution in [3.8, 4) is 22.3 Å². The molecule has 252 valence electrons. The van der Waals surface area contributed by atoms with Gasteiger partial charge in [0.05, 0.1) is 11.7 Å². The summed E-state index contributed by atoms with van der Waals surface area (Å²) in [5.74, 6) is -6.04. The third-order valence-corrected chi connectivity index (χ3v) is 9.32. The molecule has 0 aromatic heterocycles. The first-order valence-corrected chi connectivity index (χ1v) is 16.8. The molecule has 1 aliphatic carbocycles. The fourth-order valence-corrected chi connectivity index (χ4v) is 6.65. The van der Waals surface area contributed by atoms with Crippen molar-refractivity contribution in [2.45, 2.75) is 62.1 Å². The van der Waals surface area contributed by atoms with Gasteiger partial charge in [0.2, 0.25) is 0 Å². The van der Waals surface area contributed by atoms with Gasteiger partial charge in [0.15, 0.2) is 4.90 Å². The highest BCUT2D eigenvalue weighted by Gasteiger charge is 2.69. The van der Waals surface area contributed by atoms with Gasteiger partial charge in [-0.2, -0.15) is 8.78 Å². The number of benzene rings is 4. The van der Waals surface area contributed by atoms with Crippen LogP contribution in [0.25, 0.3) is 28.3 Å². The zero-order chi connectivity index (χ0) is 34.3. The Bertz CT molecular complexity index is 1750. The van der Waals surface area contributed by atoms with Crippen LogP contribution in [0.5, 0.6) is 0 Å². The maximum absolute atomic E-state index is 15.0. The predicted molar refractivity (Wildman–Crippen MR) is 164 cm³/mol. The van der Waals surface area contributed by atoms with Gasteiger partial charge in [0, 0.05) is 5.56 Å². The number of rotatable bonds is 9. The molecule has 4 aromatic carbocycles. The number of hydrogen-bond donors (Lipinski definition) is 0. The van der Waals surface area contributed by atoms with Gasteiger partial charge in [-0.05, 0) is 96.2 Å². The van der Waals surface area contributed by atoms with Gasteiger partial charge in [-0.1, -0.05) is 87.0 Å². The van der Waals surface area contributed by atoms with E-state index in [1.807, 2.05) is 31.2 Å². The van der Waals surface area contributed by atoms with Crippen LogP contribution < -0.4 is 0 Å². The quantitative estimate of drug-likeness (QED) is 0.159. The molecule has 12 heteroatoms. The highest BCUT2D eigenvalue weighted by molar-refractivity contribution is 8.45. The van der Waals surface area contributed by atoms with Crippen LogP contribution >= 0.6 is 10.2 Å². The van der Waals surface area contributed by atoms with Gasteiger partial charge in [0.1, 0.15) is 17.5 Å². The Labute approximate surface area is 265 Å². The van der Waals surface area contributed by atoms with Gasteiger partial charge in [-0.3, -0.25) is 0 Å². The van der Waals surface area contributed by atoms with Crippen molar-refractivity contribution < 1.29 is 46.1 Å². The van der Waals surface area contributed by atoms with E-state index in [9.17, 15) is 41.4 Å². The summed E-state index contributed by atoms with van der Waals surface area (Å²) < 4.78 is 143. The molecule has 1 aliphatic rings. The van der Waals surface area contributed by atoms with Crippen LogP contribution in [0.4, 0.5) is 41.4 Å². The Morgan fingerprint density at radius 1 is 0.702 bits per heavy atom. The van der Waals surface area contributed by atoms with Crippen LogP contribution in [0.1, 0.15) is 61.6 Å². The molecule has 5 rings (SSSR count). The van der Waals surface area contributed by atoms with E-state index in [4.69, 9.17) is 4.74 Å². The number of ether oxygens (including phenoxy) is 1. The zero-order valence-corrected chi connectivity index (χ0v) is 25.8. The predicted octanol–water partition coefficient (Wildman–Crippen LogP) is 13.3. The second kappa shape index (κ2) is 12.0. The third kappa shape index (κ3) is 8.03. The summed E-state index contributed by atoms with van der Waals surface area (Å²) in [6.07, 6.45) is 2.66. The summed E-state index contributed by atoms with van der Waals surface area (Å²) in [5.41, 5.74) is 1.29. The van der Waals surface area contributed by atoms with E-state index in [0.29, 0.717) is 36.8 Å². The Morgan fingerprint density at radius 2 is 1.26 bits per heavy atom. The highest BCUT2D eigenvalue weighted by atomic mass is 32.5. The summed E-state index contributed by atoms with van der Waals surface area (Å²) in [6, 6.07) is 16.5. The van der Waals surface area contributed by atoms with Crippen LogP contribution in [0.3, 0.4) is 0 Å². The van der Waals surface area contributed by atoms with Crippen LogP contribution in [-0.2, 0) is 10.8 Å². The average molecular weight is 689 g/mol. The Hall–Kier alpha value is -3.77. The summed E-state index contributed by atoms with van der Waals surface area (Å²) >= 11 is 0. The van der Waals surface area contributed by atoms with Crippen molar-refractivity contribution in [2.75, 3.05) is 0 Å². The van der Waals surface area contributed by atoms with E-state index in [1.165, 1.54) is 18.2 Å². The molecular formula is C35H30F10OS. The maximum Gasteiger partial charge on any atom is 0.383 e. The molecule has 1 saturated carbocycles. The summed E-state index contributed by atoms with van der Waals surface area (Å²) in [4.78, 5) is -3.27. The van der Waals surface area contributed by atoms with Crippen molar-refractivity contribution in [3.05, 3.63) is 119 Å². The van der Waals surface area contributed by atoms with Crippen LogP contribution in [0.2, 0.25) is 0 Å². The highest BCUT2D eigenvalue weighted by Crippen LogP contribution is 3.02. The molecular weight excluding hydrogens is 658 g/mol. The SMILES string of the molecule is CCC=Cc1ccc(C(F)(F)OC2CCC(c3ccc(-c4ccc(-c5cc(F)c(S(F)(F)(F)(F)F)c(F)c5)c(F)c4)cc3)CC2)cc1. The fourth-order valence-electron chi connectivity index (χ4n) is 5.79. The minimum absolute atomic E-state index is 0.0214. The summed E-state index contributed by atoms with van der Waals surface area (Å²) in [5, 5.41) is 0. The maximum atomic E-state index is 15.0. The third-order valence-electron chi connectivity index (χ3n) is 8.16. The summed E-state index contributed by atoms with van der Waals surface area (Å²) in [6.45, 7) is 1.98. The first-order valence-electron chi connectivity index (χ1n) is 14.8. The number of hydrogen-bond acceptors (Lipinski definition) is 1. The summed E-state index contributed by atoms with van der Waals surface area (Å²) in [7, 11) is -10.7. The monoisotopic (exact) mass is 688 g/mol. The molecule has 0 aliphatic heterocycles. The molecule has 1 fully saturated rings. The van der Waals surface area contributed by atoms with Crippen molar-refractivity contribution in [1.82, 2.24) is 0 Å². The van der Waals surface area contributed by atoms with Crippen molar-refractivity contribution >= 4 is 16.3 Å². The minimum Gasteiger partial charge on any atom is -0.313 e. The molecule has 1 nitrogen and oxygen atoms in total. The van der Waals surface area contributed by atoms with Crippen LogP contribution in [0, 0.1) is 17.5 Å². The largest absolute Gasteiger partial charge is 0.383 e. The Balaban J connectivity index is 1.23. The minimum atomic E-state index is -10.7. The van der Waals surface area contributed by atoms with Gasteiger partial charge in [-0.15, -0.1) is 0 Å². The molecule has 0 N–H and O–H groups in total. The van der Waals surface area contributed by atoms with Gasteiger partial charge >= 0.3 is 16.3 Å². The molecule has 0 unspecified atom stereocenters. The van der Waals surface area contributed by atoms with E-state index in [2.05, 4.69) is 0 Å². The number of allylic oxidation sites excluding steroid dienone is 1. The van der Waals surface area contributed by atoms with Gasteiger partial charge in [0.25, 0.3) is 0 Å². The molecule has 0 atom stereocenters. The second-order valence-corrected chi connectivity index (χ2v) is 13.9. The molecule has 4 aromatic rings. The smallest absolute Gasteiger partial charge is 0.313 e. The van der Waals surface area contributed by atoms with Gasteiger partial charge < -0.3 is 4.74 Å². The van der Waals surface area contributed by atoms with E-state index >= 15 is 0 Å². The lowest BCUT2D eigenvalue weighted by Crippen LogP contribution is -2.29. The van der Waals surface area contributed by atoms with Gasteiger partial charge in [-0.25, -0.2) is 13.2 Å². The molecule has 0 saturated heterocycles. The van der Waals surface area contributed by atoms with Crippen molar-refractivity contribution in [1.29, 1.82) is 0 Å². The lowest BCUT2D eigenvalue weighted by Gasteiger charge is -2.40. The molecule has 0 amide bonds. The lowest BCUT2D eigenvalue weighted by molar-refractivity contribution is -0.277. The second-order valence-electron chi connectivity index (χ2n) is 11.6. The number of halogens is 10. The Kier molecular flexibility index (Phi) is 8.85. The average Bonchev–Trinajstić information content (AvgIpc) is 2.98. The van der Waals surface area contributed by atoms with E-state index in [-0.39, 0.29) is 23.6 Å². The Morgan fingerprint density at radius 3 is 1.79 bits per heavy atom. The normalized spacial score (nSPS) is 19.0. The van der Waals surface area contributed by atoms with E-state index in [1.54, 1.807) is 24.3 Å². The first kappa shape index (κ1) is 34.6. The van der Waals surface area contributed by atoms with Crippen LogP contribution in [0.15, 0.2) is 89.8 Å². The van der Waals surface area contributed by atoms with Crippen molar-refractivity contribution in [2.24, 2.45) is 0 Å². The lowest BCUT2D eigenvalue weighted by atomic mass is 9.82. The fraction of sp³-hybridized carbons (Fsp3) is 0.257. The van der Waals surface area contributed by atoms with E-state index < -0.39 is 55.9 Å². The molecule has 0 spiro atoms. The molecule has 0 radical (unpaired) electrons. The topological polar surface area (TPSA) is 9.23 Å². The molecule has 0 heterocycles. The van der Waals surface area contributed by atoms with E-state index in [0.717, 1.165) is 29.7 Å².